The Labute approximate surface area is 191 Å². The lowest BCUT2D eigenvalue weighted by molar-refractivity contribution is 0.177. The normalized spacial score (nSPS) is 20.8. The number of halogens is 1. The highest BCUT2D eigenvalue weighted by Gasteiger charge is 2.49. The summed E-state index contributed by atoms with van der Waals surface area (Å²) in [4.78, 5) is 14.2. The van der Waals surface area contributed by atoms with E-state index in [4.69, 9.17) is 12.3 Å². The Morgan fingerprint density at radius 3 is 2.62 bits per heavy atom. The molecule has 7 nitrogen and oxygen atoms in total. The predicted molar refractivity (Wildman–Crippen MR) is 125 cm³/mol. The molecule has 3 N–H and O–H groups in total. The lowest BCUT2D eigenvalue weighted by atomic mass is 9.73. The van der Waals surface area contributed by atoms with Gasteiger partial charge in [0, 0.05) is 20.0 Å². The van der Waals surface area contributed by atoms with Crippen LogP contribution in [-0.2, 0) is 17.4 Å². The number of aryl methyl sites for hydroxylation is 1. The van der Waals surface area contributed by atoms with Gasteiger partial charge in [0.05, 0.1) is 21.8 Å². The molecule has 1 spiro atoms. The van der Waals surface area contributed by atoms with Crippen molar-refractivity contribution in [1.29, 1.82) is 0 Å². The maximum Gasteiger partial charge on any atom is 0.312 e. The topological polar surface area (TPSA) is 88.5 Å². The third kappa shape index (κ3) is 3.97. The van der Waals surface area contributed by atoms with E-state index in [0.717, 1.165) is 43.5 Å². The second kappa shape index (κ2) is 8.09. The van der Waals surface area contributed by atoms with E-state index in [1.807, 2.05) is 33.8 Å². The largest absolute Gasteiger partial charge is 0.391 e. The van der Waals surface area contributed by atoms with Gasteiger partial charge in [-0.2, -0.15) is 0 Å². The van der Waals surface area contributed by atoms with Crippen LogP contribution >= 0.6 is 0 Å². The van der Waals surface area contributed by atoms with Crippen molar-refractivity contribution >= 4 is 28.4 Å². The molecular formula is C23H29FN6OS. The zero-order chi connectivity index (χ0) is 23.3. The average molecular weight is 457 g/mol. The minimum atomic E-state index is -1.28. The number of rotatable bonds is 3. The molecule has 2 heterocycles. The molecule has 0 saturated carbocycles. The minimum absolute atomic E-state index is 0.127. The van der Waals surface area contributed by atoms with Crippen LogP contribution in [-0.4, -0.2) is 32.0 Å². The molecular weight excluding hydrogens is 427 g/mol. The second-order valence-corrected chi connectivity index (χ2v) is 11.8. The molecule has 4 rings (SSSR count). The molecule has 2 aromatic rings. The van der Waals surface area contributed by atoms with Crippen LogP contribution < -0.4 is 15.4 Å². The van der Waals surface area contributed by atoms with Crippen LogP contribution in [0.3, 0.4) is 0 Å². The van der Waals surface area contributed by atoms with Crippen LogP contribution in [0.2, 0.25) is 0 Å². The highest BCUT2D eigenvalue weighted by Crippen LogP contribution is 2.53. The van der Waals surface area contributed by atoms with Gasteiger partial charge in [0.25, 0.3) is 0 Å². The van der Waals surface area contributed by atoms with Crippen molar-refractivity contribution in [2.45, 2.75) is 57.7 Å². The Hall–Kier alpha value is -2.57. The van der Waals surface area contributed by atoms with Crippen molar-refractivity contribution in [3.63, 3.8) is 0 Å². The maximum atomic E-state index is 14.1. The van der Waals surface area contributed by atoms with E-state index >= 15 is 0 Å². The fourth-order valence-electron chi connectivity index (χ4n) is 4.80. The summed E-state index contributed by atoms with van der Waals surface area (Å²) < 4.78 is 30.1. The summed E-state index contributed by atoms with van der Waals surface area (Å²) in [5, 5.41) is 0. The third-order valence-corrected chi connectivity index (χ3v) is 8.13. The average Bonchev–Trinajstić information content (AvgIpc) is 3.01. The van der Waals surface area contributed by atoms with Crippen molar-refractivity contribution < 1.29 is 8.60 Å². The predicted octanol–water partition coefficient (Wildman–Crippen LogP) is 3.99. The van der Waals surface area contributed by atoms with Crippen molar-refractivity contribution in [2.75, 3.05) is 23.7 Å². The minimum Gasteiger partial charge on any atom is -0.391 e. The number of fused-ring (bicyclic) bond motifs is 1. The SMILES string of the molecule is [C-]#[N+]c1nc(C)c(N2CCC3(CC2)Cc2ccc(F)cc2C3N[S@](=O)C(C)(C)C)nc1N. The van der Waals surface area contributed by atoms with Crippen LogP contribution in [0.1, 0.15) is 56.5 Å². The number of benzene rings is 1. The Morgan fingerprint density at radius 1 is 1.31 bits per heavy atom. The molecule has 0 amide bonds. The van der Waals surface area contributed by atoms with E-state index in [1.165, 1.54) is 6.07 Å². The number of nitrogens with one attached hydrogen (secondary N) is 1. The monoisotopic (exact) mass is 456 g/mol. The highest BCUT2D eigenvalue weighted by atomic mass is 32.2. The van der Waals surface area contributed by atoms with Gasteiger partial charge in [-0.25, -0.2) is 18.3 Å². The number of nitrogen functional groups attached to an aromatic ring is 1. The van der Waals surface area contributed by atoms with Gasteiger partial charge in [-0.3, -0.25) is 0 Å². The number of aromatic nitrogens is 2. The molecule has 1 unspecified atom stereocenters. The van der Waals surface area contributed by atoms with Crippen molar-refractivity contribution in [1.82, 2.24) is 14.7 Å². The smallest absolute Gasteiger partial charge is 0.312 e. The van der Waals surface area contributed by atoms with Gasteiger partial charge in [0.1, 0.15) is 5.82 Å². The summed E-state index contributed by atoms with van der Waals surface area (Å²) in [5.41, 5.74) is 8.48. The van der Waals surface area contributed by atoms with Crippen molar-refractivity contribution in [2.24, 2.45) is 5.41 Å². The summed E-state index contributed by atoms with van der Waals surface area (Å²) >= 11 is 0. The molecule has 1 aromatic carbocycles. The van der Waals surface area contributed by atoms with E-state index in [9.17, 15) is 8.60 Å². The molecule has 1 aliphatic carbocycles. The Kier molecular flexibility index (Phi) is 5.72. The van der Waals surface area contributed by atoms with Crippen LogP contribution in [0.4, 0.5) is 21.8 Å². The summed E-state index contributed by atoms with van der Waals surface area (Å²) in [5.74, 6) is 0.702. The van der Waals surface area contributed by atoms with Crippen molar-refractivity contribution in [3.05, 3.63) is 52.3 Å². The van der Waals surface area contributed by atoms with E-state index in [0.29, 0.717) is 11.5 Å². The third-order valence-electron chi connectivity index (χ3n) is 6.57. The van der Waals surface area contributed by atoms with Crippen LogP contribution in [0.25, 0.3) is 4.85 Å². The lowest BCUT2D eigenvalue weighted by Crippen LogP contribution is -2.48. The van der Waals surface area contributed by atoms with Crippen LogP contribution in [0, 0.1) is 24.7 Å². The molecule has 1 aromatic heterocycles. The first-order valence-electron chi connectivity index (χ1n) is 10.8. The maximum absolute atomic E-state index is 14.1. The first-order chi connectivity index (χ1) is 15.0. The highest BCUT2D eigenvalue weighted by molar-refractivity contribution is 7.84. The van der Waals surface area contributed by atoms with Crippen LogP contribution in [0.5, 0.6) is 0 Å². The molecule has 1 aliphatic heterocycles. The number of piperidine rings is 1. The molecule has 170 valence electrons. The lowest BCUT2D eigenvalue weighted by Gasteiger charge is -2.44. The summed E-state index contributed by atoms with van der Waals surface area (Å²) in [6.07, 6.45) is 2.47. The molecule has 32 heavy (non-hydrogen) atoms. The molecule has 9 heteroatoms. The Morgan fingerprint density at radius 2 is 2.00 bits per heavy atom. The van der Waals surface area contributed by atoms with Gasteiger partial charge >= 0.3 is 5.82 Å². The molecule has 2 aliphatic rings. The number of anilines is 2. The molecule has 2 atom stereocenters. The van der Waals surface area contributed by atoms with Gasteiger partial charge in [-0.15, -0.1) is 4.98 Å². The van der Waals surface area contributed by atoms with Gasteiger partial charge in [0.15, 0.2) is 17.3 Å². The van der Waals surface area contributed by atoms with Crippen molar-refractivity contribution in [3.8, 4) is 0 Å². The van der Waals surface area contributed by atoms with Gasteiger partial charge in [0.2, 0.25) is 0 Å². The van der Waals surface area contributed by atoms with E-state index in [1.54, 1.807) is 6.07 Å². The Bertz CT molecular complexity index is 1110. The number of nitrogens with zero attached hydrogens (tertiary/aromatic N) is 4. The fourth-order valence-corrected chi connectivity index (χ4v) is 5.75. The summed E-state index contributed by atoms with van der Waals surface area (Å²) in [7, 11) is -1.28. The van der Waals surface area contributed by atoms with E-state index < -0.39 is 15.7 Å². The van der Waals surface area contributed by atoms with Crippen LogP contribution in [0.15, 0.2) is 18.2 Å². The number of hydrogen-bond donors (Lipinski definition) is 2. The first-order valence-corrected chi connectivity index (χ1v) is 11.9. The number of hydrogen-bond acceptors (Lipinski definition) is 5. The summed E-state index contributed by atoms with van der Waals surface area (Å²) in [6, 6.07) is 4.77. The zero-order valence-electron chi connectivity index (χ0n) is 18.9. The summed E-state index contributed by atoms with van der Waals surface area (Å²) in [6.45, 7) is 16.3. The number of nitrogens with two attached hydrogens (primary N) is 1. The first kappa shape index (κ1) is 22.6. The molecule has 0 bridgehead atoms. The standard InChI is InChI=1S/C23H29FN6OS/c1-14-21(28-19(25)20(26-5)27-14)30-10-8-23(9-11-30)13-15-6-7-16(24)12-17(15)18(23)29-32(31)22(2,3)4/h6-7,12,18,29H,8-11,13H2,1-4H3,(H2,25,28)/t18?,32-/m1/s1. The molecule has 1 fully saturated rings. The van der Waals surface area contributed by atoms with E-state index in [2.05, 4.69) is 24.4 Å². The second-order valence-electron chi connectivity index (χ2n) is 9.75. The molecule has 1 saturated heterocycles. The van der Waals surface area contributed by atoms with Gasteiger partial charge < -0.3 is 15.5 Å². The zero-order valence-corrected chi connectivity index (χ0v) is 19.7. The van der Waals surface area contributed by atoms with Gasteiger partial charge in [-0.1, -0.05) is 12.6 Å². The molecule has 0 radical (unpaired) electrons. The van der Waals surface area contributed by atoms with Gasteiger partial charge in [-0.05, 0) is 68.7 Å². The quantitative estimate of drug-likeness (QED) is 0.682. The fraction of sp³-hybridized carbons (Fsp3) is 0.522. The van der Waals surface area contributed by atoms with E-state index in [-0.39, 0.29) is 28.9 Å². The Balaban J connectivity index is 1.62.